The molecule has 0 aliphatic heterocycles. The van der Waals surface area contributed by atoms with Crippen LogP contribution in [0.25, 0.3) is 66.1 Å². The van der Waals surface area contributed by atoms with Crippen LogP contribution in [0.2, 0.25) is 13.1 Å². The minimum atomic E-state index is 0. The van der Waals surface area contributed by atoms with E-state index in [1.807, 2.05) is 0 Å². The van der Waals surface area contributed by atoms with Gasteiger partial charge in [-0.1, -0.05) is 298 Å². The maximum Gasteiger partial charge on any atom is -1.00 e. The molecule has 0 aliphatic carbocycles. The molecule has 10 aromatic carbocycles. The second-order valence-electron chi connectivity index (χ2n) is 25.3. The first-order valence-electron chi connectivity index (χ1n) is 27.4. The number of hydrogen-bond donors (Lipinski definition) is 0. The van der Waals surface area contributed by atoms with E-state index in [4.69, 9.17) is 0 Å². The average molecular weight is 1160 g/mol. The third-order valence-electron chi connectivity index (χ3n) is 14.6. The number of hydrogen-bond acceptors (Lipinski definition) is 0. The summed E-state index contributed by atoms with van der Waals surface area (Å²) in [7, 11) is 0. The molecule has 0 amide bonds. The van der Waals surface area contributed by atoms with Crippen molar-refractivity contribution in [3.8, 4) is 44.5 Å². The third kappa shape index (κ3) is 15.5. The number of fused-ring (bicyclic) bond motifs is 2. The topological polar surface area (TPSA) is 0 Å². The molecule has 78 heavy (non-hydrogen) atoms. The Hall–Kier alpha value is -5.34. The van der Waals surface area contributed by atoms with E-state index < -0.39 is 0 Å². The van der Waals surface area contributed by atoms with Crippen molar-refractivity contribution >= 4 is 27.0 Å². The molecule has 400 valence electrons. The van der Waals surface area contributed by atoms with Crippen LogP contribution in [0.15, 0.2) is 206 Å². The van der Waals surface area contributed by atoms with Gasteiger partial charge >= 0.3 is 41.9 Å². The predicted octanol–water partition coefficient (Wildman–Crippen LogP) is 14.9. The fourth-order valence-electron chi connectivity index (χ4n) is 10.2. The normalized spacial score (nSPS) is 11.7. The molecule has 0 heterocycles. The summed E-state index contributed by atoms with van der Waals surface area (Å²) >= 11 is 1.74. The summed E-state index contributed by atoms with van der Waals surface area (Å²) in [5.74, 6) is 0. The van der Waals surface area contributed by atoms with Gasteiger partial charge in [-0.15, -0.1) is 44.8 Å². The molecule has 0 unspecified atom stereocenters. The molecule has 0 radical (unpaired) electrons. The number of benzene rings is 8. The number of halogens is 2. The Morgan fingerprint density at radius 3 is 0.808 bits per heavy atom. The van der Waals surface area contributed by atoms with Crippen LogP contribution in [0.3, 0.4) is 0 Å². The molecule has 0 N–H and O–H groups in total. The van der Waals surface area contributed by atoms with Crippen molar-refractivity contribution in [3.63, 3.8) is 0 Å². The summed E-state index contributed by atoms with van der Waals surface area (Å²) in [5.41, 5.74) is 22.0. The second kappa shape index (κ2) is 25.8. The van der Waals surface area contributed by atoms with Crippen LogP contribution in [0.4, 0.5) is 0 Å². The largest absolute Gasteiger partial charge is 1.00 e. The maximum atomic E-state index is 2.41. The fourth-order valence-corrected chi connectivity index (χ4v) is 10.2. The van der Waals surface area contributed by atoms with Gasteiger partial charge in [0.05, 0.1) is 0 Å². The summed E-state index contributed by atoms with van der Waals surface area (Å²) in [5, 5.41) is 5.34. The Morgan fingerprint density at radius 1 is 0.333 bits per heavy atom. The van der Waals surface area contributed by atoms with E-state index in [2.05, 4.69) is 302 Å². The van der Waals surface area contributed by atoms with Gasteiger partial charge in [0, 0.05) is 0 Å². The summed E-state index contributed by atoms with van der Waals surface area (Å²) in [6.45, 7) is 31.9. The van der Waals surface area contributed by atoms with Gasteiger partial charge in [-0.3, -0.25) is 0 Å². The van der Waals surface area contributed by atoms with Gasteiger partial charge in [-0.05, 0) is 79.0 Å². The van der Waals surface area contributed by atoms with Crippen LogP contribution >= 0.6 is 0 Å². The molecule has 0 saturated carbocycles. The van der Waals surface area contributed by atoms with E-state index in [1.54, 1.807) is 23.3 Å². The quantitative estimate of drug-likeness (QED) is 0.105. The Morgan fingerprint density at radius 2 is 0.564 bits per heavy atom. The van der Waals surface area contributed by atoms with Crippen molar-refractivity contribution in [2.24, 2.45) is 0 Å². The molecule has 0 aliphatic rings. The number of rotatable bonds is 8. The van der Waals surface area contributed by atoms with Crippen LogP contribution < -0.4 is 24.8 Å². The van der Waals surface area contributed by atoms with Crippen LogP contribution in [-0.4, -0.2) is 5.43 Å². The van der Waals surface area contributed by atoms with Crippen LogP contribution in [0.1, 0.15) is 128 Å². The first kappa shape index (κ1) is 61.9. The van der Waals surface area contributed by atoms with Gasteiger partial charge in [0.15, 0.2) is 0 Å². The van der Waals surface area contributed by atoms with E-state index in [9.17, 15) is 0 Å². The minimum absolute atomic E-state index is 0. The fraction of sp³-hybridized carbons (Fsp3) is 0.270. The molecule has 0 aromatic heterocycles. The molecule has 0 nitrogen and oxygen atoms in total. The summed E-state index contributed by atoms with van der Waals surface area (Å²) in [6, 6.07) is 77.0. The molecule has 0 spiro atoms. The molecule has 0 saturated heterocycles. The van der Waals surface area contributed by atoms with Gasteiger partial charge in [-0.2, -0.15) is 12.1 Å². The zero-order valence-corrected chi connectivity index (χ0v) is 53.8. The molecular weight excluding hydrogens is 1080 g/mol. The first-order valence-corrected chi connectivity index (χ1v) is 33.6. The van der Waals surface area contributed by atoms with E-state index in [0.29, 0.717) is 0 Å². The smallest absolute Gasteiger partial charge is 1.00 e. The van der Waals surface area contributed by atoms with Crippen molar-refractivity contribution in [3.05, 3.63) is 251 Å². The van der Waals surface area contributed by atoms with Gasteiger partial charge < -0.3 is 24.8 Å². The van der Waals surface area contributed by atoms with Crippen LogP contribution in [0, 0.1) is 0 Å². The molecule has 10 rings (SSSR count). The zero-order valence-electron chi connectivity index (χ0n) is 48.8. The molecule has 10 aromatic rings. The van der Waals surface area contributed by atoms with Crippen LogP contribution in [-0.2, 0) is 57.8 Å². The maximum absolute atomic E-state index is 2.41. The predicted molar refractivity (Wildman–Crippen MR) is 332 cm³/mol. The SMILES string of the molecule is CC(C)(C)c1ccc(-c2ccc(-c3ccc(C(C)(C)C)cc3)c3[cH-]c(Cc4ccccc4)cc23)cc1.CC(C)(C)c1ccc(-c2ccc(-c3ccc(C(C)(C)C)cc3)c3[cH-]c(Cc4ccccc4)cc23)cc1.C[Si](C)=[Zr+2].[Cl-].[Cl-]. The Labute approximate surface area is 497 Å². The van der Waals surface area contributed by atoms with Crippen LogP contribution in [0.5, 0.6) is 0 Å². The zero-order chi connectivity index (χ0) is 54.6. The Bertz CT molecular complexity index is 3100. The minimum Gasteiger partial charge on any atom is -1.00 e. The van der Waals surface area contributed by atoms with Gasteiger partial charge in [0.2, 0.25) is 0 Å². The van der Waals surface area contributed by atoms with Gasteiger partial charge in [-0.25, -0.2) is 0 Å². The van der Waals surface area contributed by atoms with E-state index in [0.717, 1.165) is 12.8 Å². The van der Waals surface area contributed by atoms with Gasteiger partial charge in [0.25, 0.3) is 0 Å². The molecule has 0 fully saturated rings. The summed E-state index contributed by atoms with van der Waals surface area (Å²) < 4.78 is 0. The van der Waals surface area contributed by atoms with E-state index in [1.165, 1.54) is 111 Å². The van der Waals surface area contributed by atoms with Gasteiger partial charge in [0.1, 0.15) is 0 Å². The van der Waals surface area contributed by atoms with Crippen molar-refractivity contribution in [2.45, 2.75) is 131 Å². The molecular formula is C74H80Cl2SiZr-2. The first-order chi connectivity index (χ1) is 35.9. The Balaban J connectivity index is 0.000000231. The summed E-state index contributed by atoms with van der Waals surface area (Å²) in [4.78, 5) is 0. The second-order valence-corrected chi connectivity index (χ2v) is 34.7. The van der Waals surface area contributed by atoms with E-state index in [-0.39, 0.29) is 51.9 Å². The molecule has 0 atom stereocenters. The molecule has 4 heteroatoms. The standard InChI is InChI=1S/2C36H37.C2H6Si.2ClH.Zr/c2*1-35(2,3)29-16-12-27(13-17-29)31-20-21-32(28-14-18-30(19-15-28)36(4,5)6)34-24-26(23-33(31)34)22-25-10-8-7-9-11-25;1-3-2;;;/h2*7-21,23-24H,22H2,1-6H3;1-2H3;2*1H;/q2*-1;;;;+2/p-2. The van der Waals surface area contributed by atoms with Crippen molar-refractivity contribution in [1.82, 2.24) is 0 Å². The van der Waals surface area contributed by atoms with Crippen molar-refractivity contribution in [2.75, 3.05) is 0 Å². The van der Waals surface area contributed by atoms with E-state index >= 15 is 0 Å². The Kier molecular flexibility index (Phi) is 20.5. The molecule has 0 bridgehead atoms. The monoisotopic (exact) mass is 1160 g/mol. The third-order valence-corrected chi connectivity index (χ3v) is 14.6. The van der Waals surface area contributed by atoms with Crippen molar-refractivity contribution < 1.29 is 48.1 Å². The van der Waals surface area contributed by atoms with Crippen molar-refractivity contribution in [1.29, 1.82) is 0 Å². The summed E-state index contributed by atoms with van der Waals surface area (Å²) in [6.07, 6.45) is 1.89. The average Bonchev–Trinajstić information content (AvgIpc) is 4.00.